The van der Waals surface area contributed by atoms with Crippen molar-refractivity contribution < 1.29 is 4.79 Å². The van der Waals surface area contributed by atoms with Gasteiger partial charge in [-0.2, -0.15) is 16.4 Å². The molecule has 0 aliphatic heterocycles. The highest BCUT2D eigenvalue weighted by atomic mass is 79.9. The van der Waals surface area contributed by atoms with Crippen LogP contribution in [0, 0.1) is 0 Å². The van der Waals surface area contributed by atoms with Gasteiger partial charge < -0.3 is 4.90 Å². The Bertz CT molecular complexity index is 990. The summed E-state index contributed by atoms with van der Waals surface area (Å²) in [5.41, 5.74) is 1.36. The molecule has 0 unspecified atom stereocenters. The number of halogens is 1. The number of thiophene rings is 1. The predicted molar refractivity (Wildman–Crippen MR) is 98.4 cm³/mol. The Balaban J connectivity index is 1.61. The van der Waals surface area contributed by atoms with E-state index < -0.39 is 0 Å². The molecule has 0 bridgehead atoms. The van der Waals surface area contributed by atoms with Crippen LogP contribution in [-0.4, -0.2) is 36.2 Å². The van der Waals surface area contributed by atoms with E-state index in [4.69, 9.17) is 0 Å². The fourth-order valence-corrected chi connectivity index (χ4v) is 4.12. The van der Waals surface area contributed by atoms with Gasteiger partial charge in [0.05, 0.1) is 0 Å². The van der Waals surface area contributed by atoms with Gasteiger partial charge in [-0.3, -0.25) is 14.2 Å². The topological polar surface area (TPSA) is 73.0 Å². The van der Waals surface area contributed by atoms with E-state index in [1.54, 1.807) is 23.1 Å². The molecule has 7 nitrogen and oxygen atoms in total. The van der Waals surface area contributed by atoms with Gasteiger partial charge in [0.1, 0.15) is 22.9 Å². The minimum Gasteiger partial charge on any atom is -0.334 e. The van der Waals surface area contributed by atoms with E-state index in [0.717, 1.165) is 18.4 Å². The summed E-state index contributed by atoms with van der Waals surface area (Å²) in [5, 5.41) is 8.61. The molecule has 25 heavy (non-hydrogen) atoms. The highest BCUT2D eigenvalue weighted by Gasteiger charge is 2.32. The van der Waals surface area contributed by atoms with Crippen molar-refractivity contribution in [2.24, 2.45) is 7.05 Å². The maximum Gasteiger partial charge on any atom is 0.266 e. The number of amides is 1. The van der Waals surface area contributed by atoms with Crippen LogP contribution in [0.2, 0.25) is 0 Å². The average Bonchev–Trinajstić information content (AvgIpc) is 3.20. The third kappa shape index (κ3) is 3.13. The van der Waals surface area contributed by atoms with Crippen molar-refractivity contribution in [2.75, 3.05) is 0 Å². The van der Waals surface area contributed by atoms with Crippen molar-refractivity contribution in [3.05, 3.63) is 43.7 Å². The number of hydrogen-bond acceptors (Lipinski definition) is 5. The van der Waals surface area contributed by atoms with Crippen LogP contribution >= 0.6 is 27.3 Å². The molecule has 3 heterocycles. The van der Waals surface area contributed by atoms with Crippen LogP contribution in [0.15, 0.2) is 32.6 Å². The average molecular weight is 422 g/mol. The zero-order chi connectivity index (χ0) is 17.6. The molecule has 1 aliphatic rings. The Morgan fingerprint density at radius 2 is 2.28 bits per heavy atom. The Kier molecular flexibility index (Phi) is 4.20. The molecule has 0 N–H and O–H groups in total. The fraction of sp³-hybridized carbons (Fsp3) is 0.375. The van der Waals surface area contributed by atoms with Crippen molar-refractivity contribution >= 4 is 44.2 Å². The number of carbonyl (C=O) groups excluding carboxylic acids is 1. The van der Waals surface area contributed by atoms with E-state index in [2.05, 4.69) is 31.4 Å². The van der Waals surface area contributed by atoms with Crippen molar-refractivity contribution in [3.8, 4) is 0 Å². The molecule has 1 saturated carbocycles. The van der Waals surface area contributed by atoms with Gasteiger partial charge in [0.15, 0.2) is 5.65 Å². The second-order valence-electron chi connectivity index (χ2n) is 6.18. The number of hydrogen-bond donors (Lipinski definition) is 0. The second-order valence-corrected chi connectivity index (χ2v) is 7.71. The van der Waals surface area contributed by atoms with Gasteiger partial charge in [0.25, 0.3) is 5.56 Å². The molecule has 3 aromatic heterocycles. The van der Waals surface area contributed by atoms with Crippen LogP contribution in [-0.2, 0) is 24.9 Å². The van der Waals surface area contributed by atoms with Gasteiger partial charge in [0, 0.05) is 19.6 Å². The first-order valence-corrected chi connectivity index (χ1v) is 9.66. The first-order chi connectivity index (χ1) is 12.0. The number of aromatic nitrogens is 4. The van der Waals surface area contributed by atoms with Crippen molar-refractivity contribution in [1.82, 2.24) is 24.2 Å². The monoisotopic (exact) mass is 421 g/mol. The van der Waals surface area contributed by atoms with Gasteiger partial charge in [-0.05, 0) is 51.2 Å². The van der Waals surface area contributed by atoms with Gasteiger partial charge in [-0.15, -0.1) is 0 Å². The molecule has 1 amide bonds. The Morgan fingerprint density at radius 1 is 1.48 bits per heavy atom. The lowest BCUT2D eigenvalue weighted by Crippen LogP contribution is -2.37. The highest BCUT2D eigenvalue weighted by molar-refractivity contribution is 9.10. The highest BCUT2D eigenvalue weighted by Crippen LogP contribution is 2.29. The lowest BCUT2D eigenvalue weighted by atomic mass is 10.3. The van der Waals surface area contributed by atoms with Crippen molar-refractivity contribution in [2.45, 2.75) is 32.0 Å². The molecule has 0 spiro atoms. The number of carbonyl (C=O) groups is 1. The molecule has 130 valence electrons. The van der Waals surface area contributed by atoms with E-state index in [1.807, 2.05) is 16.3 Å². The Hall–Kier alpha value is -2.00. The standard InChI is InChI=1S/C16H16BrN5O2S/c1-20-15-13(14(17)19-20)16(24)21(9-18-15)7-12(23)22(11-2-3-11)6-10-4-5-25-8-10/h4-5,8-9,11H,2-3,6-7H2,1H3. The van der Waals surface area contributed by atoms with E-state index in [-0.39, 0.29) is 24.1 Å². The Labute approximate surface area is 156 Å². The summed E-state index contributed by atoms with van der Waals surface area (Å²) in [4.78, 5) is 31.6. The minimum atomic E-state index is -0.260. The van der Waals surface area contributed by atoms with Crippen LogP contribution < -0.4 is 5.56 Å². The first-order valence-electron chi connectivity index (χ1n) is 7.93. The molecule has 0 saturated heterocycles. The summed E-state index contributed by atoms with van der Waals surface area (Å²) in [7, 11) is 1.73. The van der Waals surface area contributed by atoms with Crippen molar-refractivity contribution in [1.29, 1.82) is 0 Å². The number of fused-ring (bicyclic) bond motifs is 1. The smallest absolute Gasteiger partial charge is 0.266 e. The Morgan fingerprint density at radius 3 is 2.96 bits per heavy atom. The molecular formula is C16H16BrN5O2S. The maximum atomic E-state index is 12.8. The van der Waals surface area contributed by atoms with Gasteiger partial charge >= 0.3 is 0 Å². The molecule has 0 radical (unpaired) electrons. The summed E-state index contributed by atoms with van der Waals surface area (Å²) in [5.74, 6) is -0.0584. The van der Waals surface area contributed by atoms with Gasteiger partial charge in [0.2, 0.25) is 5.91 Å². The summed E-state index contributed by atoms with van der Waals surface area (Å²) >= 11 is 4.91. The molecule has 1 fully saturated rings. The van der Waals surface area contributed by atoms with E-state index in [1.165, 1.54) is 10.9 Å². The maximum absolute atomic E-state index is 12.8. The van der Waals surface area contributed by atoms with Crippen LogP contribution in [0.1, 0.15) is 18.4 Å². The second kappa shape index (κ2) is 6.38. The molecule has 3 aromatic rings. The predicted octanol–water partition coefficient (Wildman–Crippen LogP) is 2.15. The fourth-order valence-electron chi connectivity index (χ4n) is 2.87. The third-order valence-corrected chi connectivity index (χ3v) is 5.60. The van der Waals surface area contributed by atoms with Crippen LogP contribution in [0.4, 0.5) is 0 Å². The summed E-state index contributed by atoms with van der Waals surface area (Å²) in [6.45, 7) is 0.581. The molecule has 4 rings (SSSR count). The summed E-state index contributed by atoms with van der Waals surface area (Å²) < 4.78 is 3.35. The lowest BCUT2D eigenvalue weighted by molar-refractivity contribution is -0.133. The van der Waals surface area contributed by atoms with Crippen LogP contribution in [0.5, 0.6) is 0 Å². The van der Waals surface area contributed by atoms with Crippen LogP contribution in [0.3, 0.4) is 0 Å². The largest absolute Gasteiger partial charge is 0.334 e. The van der Waals surface area contributed by atoms with E-state index in [9.17, 15) is 9.59 Å². The number of aryl methyl sites for hydroxylation is 1. The first kappa shape index (κ1) is 16.5. The zero-order valence-corrected chi connectivity index (χ0v) is 16.0. The van der Waals surface area contributed by atoms with Gasteiger partial charge in [-0.25, -0.2) is 9.67 Å². The molecule has 0 aromatic carbocycles. The number of rotatable bonds is 5. The summed E-state index contributed by atoms with van der Waals surface area (Å²) in [6.07, 6.45) is 3.47. The minimum absolute atomic E-state index is 0.0102. The third-order valence-electron chi connectivity index (χ3n) is 4.31. The number of nitrogens with zero attached hydrogens (tertiary/aromatic N) is 5. The van der Waals surface area contributed by atoms with E-state index >= 15 is 0 Å². The van der Waals surface area contributed by atoms with Gasteiger partial charge in [-0.1, -0.05) is 0 Å². The normalized spacial score (nSPS) is 14.2. The molecule has 1 aliphatic carbocycles. The lowest BCUT2D eigenvalue weighted by Gasteiger charge is -2.22. The SMILES string of the molecule is Cn1nc(Br)c2c(=O)n(CC(=O)N(Cc3ccsc3)C3CC3)cnc21. The molecular weight excluding hydrogens is 406 g/mol. The quantitative estimate of drug-likeness (QED) is 0.632. The van der Waals surface area contributed by atoms with E-state index in [0.29, 0.717) is 22.2 Å². The summed E-state index contributed by atoms with van der Waals surface area (Å²) in [6, 6.07) is 2.31. The zero-order valence-electron chi connectivity index (χ0n) is 13.6. The van der Waals surface area contributed by atoms with Crippen molar-refractivity contribution in [3.63, 3.8) is 0 Å². The van der Waals surface area contributed by atoms with Crippen LogP contribution in [0.25, 0.3) is 11.0 Å². The molecule has 9 heteroatoms. The molecule has 0 atom stereocenters.